The van der Waals surface area contributed by atoms with Crippen molar-refractivity contribution in [3.63, 3.8) is 0 Å². The van der Waals surface area contributed by atoms with Gasteiger partial charge in [-0.3, -0.25) is 4.79 Å². The fourth-order valence-corrected chi connectivity index (χ4v) is 1.47. The smallest absolute Gasteiger partial charge is 0.345 e. The maximum absolute atomic E-state index is 10.4. The summed E-state index contributed by atoms with van der Waals surface area (Å²) in [5.41, 5.74) is 4.87. The Morgan fingerprint density at radius 1 is 1.46 bits per heavy atom. The standard InChI is InChI=1S/C8H7NO3S/c9-7(10)4-2-5-1-3-6(13-5)8(11)12/h1-4H,(H2,9,10)(H,11,12)/b4-2-. The van der Waals surface area contributed by atoms with Crippen molar-refractivity contribution >= 4 is 29.3 Å². The Morgan fingerprint density at radius 2 is 2.15 bits per heavy atom. The number of carbonyl (C=O) groups is 2. The number of hydrogen-bond acceptors (Lipinski definition) is 3. The van der Waals surface area contributed by atoms with E-state index in [2.05, 4.69) is 0 Å². The Morgan fingerprint density at radius 3 is 2.62 bits per heavy atom. The van der Waals surface area contributed by atoms with E-state index in [0.717, 1.165) is 11.3 Å². The summed E-state index contributed by atoms with van der Waals surface area (Å²) in [7, 11) is 0. The summed E-state index contributed by atoms with van der Waals surface area (Å²) in [5.74, 6) is -1.52. The van der Waals surface area contributed by atoms with Gasteiger partial charge in [0.2, 0.25) is 5.91 Å². The van der Waals surface area contributed by atoms with Gasteiger partial charge in [-0.25, -0.2) is 4.79 Å². The molecule has 13 heavy (non-hydrogen) atoms. The number of amides is 1. The van der Waals surface area contributed by atoms with Gasteiger partial charge in [0.15, 0.2) is 0 Å². The van der Waals surface area contributed by atoms with E-state index in [9.17, 15) is 9.59 Å². The van der Waals surface area contributed by atoms with Gasteiger partial charge in [0.25, 0.3) is 0 Å². The van der Waals surface area contributed by atoms with Crippen molar-refractivity contribution in [2.24, 2.45) is 5.73 Å². The van der Waals surface area contributed by atoms with E-state index in [1.165, 1.54) is 18.2 Å². The number of primary amides is 1. The molecule has 1 rings (SSSR count). The summed E-state index contributed by atoms with van der Waals surface area (Å²) in [5, 5.41) is 8.57. The van der Waals surface area contributed by atoms with Gasteiger partial charge >= 0.3 is 5.97 Å². The van der Waals surface area contributed by atoms with Crippen LogP contribution in [0.5, 0.6) is 0 Å². The molecule has 0 aromatic carbocycles. The van der Waals surface area contributed by atoms with Gasteiger partial charge in [0.05, 0.1) is 0 Å². The van der Waals surface area contributed by atoms with Crippen molar-refractivity contribution in [2.45, 2.75) is 0 Å². The Balaban J connectivity index is 2.80. The van der Waals surface area contributed by atoms with Crippen LogP contribution in [0.2, 0.25) is 0 Å². The van der Waals surface area contributed by atoms with Crippen molar-refractivity contribution in [1.29, 1.82) is 0 Å². The Kier molecular flexibility index (Phi) is 2.81. The summed E-state index contributed by atoms with van der Waals surface area (Å²) in [6.45, 7) is 0. The lowest BCUT2D eigenvalue weighted by Gasteiger charge is -1.83. The molecule has 0 aliphatic rings. The molecule has 1 aromatic rings. The second kappa shape index (κ2) is 3.86. The minimum Gasteiger partial charge on any atom is -0.477 e. The highest BCUT2D eigenvalue weighted by molar-refractivity contribution is 7.14. The highest BCUT2D eigenvalue weighted by Gasteiger charge is 2.04. The molecular weight excluding hydrogens is 190 g/mol. The summed E-state index contributed by atoms with van der Waals surface area (Å²) in [6.07, 6.45) is 2.68. The zero-order valence-corrected chi connectivity index (χ0v) is 7.38. The average Bonchev–Trinajstić information content (AvgIpc) is 2.48. The highest BCUT2D eigenvalue weighted by Crippen LogP contribution is 2.17. The number of nitrogens with two attached hydrogens (primary N) is 1. The Labute approximate surface area is 78.3 Å². The lowest BCUT2D eigenvalue weighted by molar-refractivity contribution is -0.113. The third-order valence-electron chi connectivity index (χ3n) is 1.25. The largest absolute Gasteiger partial charge is 0.477 e. The zero-order valence-electron chi connectivity index (χ0n) is 6.56. The molecule has 4 nitrogen and oxygen atoms in total. The minimum absolute atomic E-state index is 0.240. The van der Waals surface area contributed by atoms with Crippen LogP contribution in [-0.4, -0.2) is 17.0 Å². The fourth-order valence-electron chi connectivity index (χ4n) is 0.722. The monoisotopic (exact) mass is 197 g/mol. The van der Waals surface area contributed by atoms with Crippen molar-refractivity contribution in [3.05, 3.63) is 28.0 Å². The van der Waals surface area contributed by atoms with E-state index in [1.807, 2.05) is 0 Å². The lowest BCUT2D eigenvalue weighted by atomic mass is 10.4. The molecule has 1 amide bonds. The van der Waals surface area contributed by atoms with Crippen LogP contribution in [0.1, 0.15) is 14.5 Å². The molecule has 0 spiro atoms. The van der Waals surface area contributed by atoms with Crippen LogP contribution >= 0.6 is 11.3 Å². The molecule has 0 atom stereocenters. The van der Waals surface area contributed by atoms with Gasteiger partial charge in [0.1, 0.15) is 4.88 Å². The summed E-state index contributed by atoms with van der Waals surface area (Å²) < 4.78 is 0. The first-order valence-electron chi connectivity index (χ1n) is 3.40. The van der Waals surface area contributed by atoms with Gasteiger partial charge < -0.3 is 10.8 Å². The number of carbonyl (C=O) groups excluding carboxylic acids is 1. The summed E-state index contributed by atoms with van der Waals surface area (Å²) in [4.78, 5) is 21.7. The molecule has 0 saturated heterocycles. The Hall–Kier alpha value is -1.62. The first-order chi connectivity index (χ1) is 6.09. The molecule has 1 aromatic heterocycles. The summed E-state index contributed by atoms with van der Waals surface area (Å²) in [6, 6.07) is 3.10. The van der Waals surface area contributed by atoms with Crippen molar-refractivity contribution in [2.75, 3.05) is 0 Å². The number of hydrogen-bond donors (Lipinski definition) is 2. The van der Waals surface area contributed by atoms with E-state index in [4.69, 9.17) is 10.8 Å². The second-order valence-corrected chi connectivity index (χ2v) is 3.36. The van der Waals surface area contributed by atoms with Crippen molar-refractivity contribution < 1.29 is 14.7 Å². The van der Waals surface area contributed by atoms with Crippen LogP contribution in [0, 0.1) is 0 Å². The molecule has 0 saturated carbocycles. The molecule has 0 aliphatic carbocycles. The molecule has 3 N–H and O–H groups in total. The number of thiophene rings is 1. The van der Waals surface area contributed by atoms with E-state index >= 15 is 0 Å². The maximum Gasteiger partial charge on any atom is 0.345 e. The Bertz CT molecular complexity index is 367. The van der Waals surface area contributed by atoms with Crippen LogP contribution in [-0.2, 0) is 4.79 Å². The molecule has 0 radical (unpaired) electrons. The number of carboxylic acid groups (broad SMARTS) is 1. The van der Waals surface area contributed by atoms with Crippen molar-refractivity contribution in [3.8, 4) is 0 Å². The van der Waals surface area contributed by atoms with Gasteiger partial charge in [-0.2, -0.15) is 0 Å². The molecule has 0 fully saturated rings. The third kappa shape index (κ3) is 2.72. The van der Waals surface area contributed by atoms with Crippen LogP contribution in [0.4, 0.5) is 0 Å². The lowest BCUT2D eigenvalue weighted by Crippen LogP contribution is -2.04. The van der Waals surface area contributed by atoms with Gasteiger partial charge in [-0.1, -0.05) is 0 Å². The SMILES string of the molecule is NC(=O)/C=C\c1ccc(C(=O)O)s1. The molecule has 5 heteroatoms. The van der Waals surface area contributed by atoms with Crippen LogP contribution in [0.15, 0.2) is 18.2 Å². The van der Waals surface area contributed by atoms with Crippen LogP contribution < -0.4 is 5.73 Å². The molecule has 0 unspecified atom stereocenters. The summed E-state index contributed by atoms with van der Waals surface area (Å²) >= 11 is 1.09. The predicted molar refractivity (Wildman–Crippen MR) is 49.5 cm³/mol. The molecule has 68 valence electrons. The van der Waals surface area contributed by atoms with Crippen molar-refractivity contribution in [1.82, 2.24) is 0 Å². The van der Waals surface area contributed by atoms with Gasteiger partial charge in [-0.15, -0.1) is 11.3 Å². The van der Waals surface area contributed by atoms with E-state index in [-0.39, 0.29) is 4.88 Å². The number of aromatic carboxylic acids is 1. The van der Waals surface area contributed by atoms with Gasteiger partial charge in [-0.05, 0) is 18.2 Å². The first kappa shape index (κ1) is 9.47. The van der Waals surface area contributed by atoms with Crippen LogP contribution in [0.3, 0.4) is 0 Å². The normalized spacial score (nSPS) is 10.5. The van der Waals surface area contributed by atoms with E-state index < -0.39 is 11.9 Å². The second-order valence-electron chi connectivity index (χ2n) is 2.24. The zero-order chi connectivity index (χ0) is 9.84. The number of carboxylic acids is 1. The van der Waals surface area contributed by atoms with E-state index in [1.54, 1.807) is 6.07 Å². The molecular formula is C8H7NO3S. The van der Waals surface area contributed by atoms with Gasteiger partial charge in [0, 0.05) is 11.0 Å². The molecule has 0 aliphatic heterocycles. The first-order valence-corrected chi connectivity index (χ1v) is 4.22. The maximum atomic E-state index is 10.4. The average molecular weight is 197 g/mol. The predicted octanol–water partition coefficient (Wildman–Crippen LogP) is 0.945. The minimum atomic E-state index is -0.969. The third-order valence-corrected chi connectivity index (χ3v) is 2.29. The highest BCUT2D eigenvalue weighted by atomic mass is 32.1. The molecule has 0 bridgehead atoms. The fraction of sp³-hybridized carbons (Fsp3) is 0. The molecule has 1 heterocycles. The van der Waals surface area contributed by atoms with Crippen LogP contribution in [0.25, 0.3) is 6.08 Å². The topological polar surface area (TPSA) is 80.4 Å². The quantitative estimate of drug-likeness (QED) is 0.708. The van der Waals surface area contributed by atoms with E-state index in [0.29, 0.717) is 4.88 Å². The number of rotatable bonds is 3.